The minimum Gasteiger partial charge on any atom is -0.326 e. The average molecular weight is 272 g/mol. The second kappa shape index (κ2) is 4.75. The van der Waals surface area contributed by atoms with Crippen LogP contribution in [-0.2, 0) is 13.1 Å². The summed E-state index contributed by atoms with van der Waals surface area (Å²) in [6.45, 7) is 5.56. The number of aryl methyl sites for hydroxylation is 2. The smallest absolute Gasteiger partial charge is 0.160 e. The van der Waals surface area contributed by atoms with Gasteiger partial charge in [-0.25, -0.2) is 9.97 Å². The van der Waals surface area contributed by atoms with Crippen molar-refractivity contribution < 1.29 is 0 Å². The zero-order valence-electron chi connectivity index (χ0n) is 11.1. The maximum absolute atomic E-state index is 5.69. The number of thiazole rings is 1. The van der Waals surface area contributed by atoms with E-state index in [1.807, 2.05) is 6.92 Å². The number of nitrogens with zero attached hydrogens (tertiary/aromatic N) is 3. The maximum Gasteiger partial charge on any atom is 0.160 e. The molecule has 0 spiro atoms. The summed E-state index contributed by atoms with van der Waals surface area (Å²) in [5, 5.41) is 3.12. The zero-order valence-corrected chi connectivity index (χ0v) is 11.9. The fraction of sp³-hybridized carbons (Fsp3) is 0.286. The maximum atomic E-state index is 5.69. The predicted molar refractivity (Wildman–Crippen MR) is 79.1 cm³/mol. The summed E-state index contributed by atoms with van der Waals surface area (Å²) in [6, 6.07) is 6.22. The lowest BCUT2D eigenvalue weighted by Crippen LogP contribution is -1.98. The largest absolute Gasteiger partial charge is 0.326 e. The van der Waals surface area contributed by atoms with Gasteiger partial charge in [0.25, 0.3) is 0 Å². The first-order valence-electron chi connectivity index (χ1n) is 6.34. The Kier molecular flexibility index (Phi) is 3.08. The number of nitrogens with two attached hydrogens (primary N) is 1. The quantitative estimate of drug-likeness (QED) is 0.797. The van der Waals surface area contributed by atoms with Crippen molar-refractivity contribution in [2.45, 2.75) is 26.9 Å². The Bertz CT molecular complexity index is 726. The number of aromatic nitrogens is 3. The van der Waals surface area contributed by atoms with Crippen LogP contribution >= 0.6 is 11.3 Å². The molecule has 0 saturated carbocycles. The molecule has 98 valence electrons. The number of hydrogen-bond donors (Lipinski definition) is 1. The van der Waals surface area contributed by atoms with Gasteiger partial charge in [0, 0.05) is 18.5 Å². The third-order valence-corrected chi connectivity index (χ3v) is 3.99. The molecule has 0 unspecified atom stereocenters. The van der Waals surface area contributed by atoms with Gasteiger partial charge in [0.2, 0.25) is 0 Å². The van der Waals surface area contributed by atoms with Crippen molar-refractivity contribution >= 4 is 22.4 Å². The SMILES string of the molecule is CCn1c(-c2csc(C)n2)nc2cc(CN)ccc21. The minimum absolute atomic E-state index is 0.542. The molecule has 0 fully saturated rings. The molecule has 19 heavy (non-hydrogen) atoms. The normalized spacial score (nSPS) is 11.3. The van der Waals surface area contributed by atoms with E-state index in [0.717, 1.165) is 39.7 Å². The first-order valence-corrected chi connectivity index (χ1v) is 7.22. The van der Waals surface area contributed by atoms with Crippen molar-refractivity contribution in [1.29, 1.82) is 0 Å². The number of hydrogen-bond acceptors (Lipinski definition) is 4. The fourth-order valence-electron chi connectivity index (χ4n) is 2.28. The van der Waals surface area contributed by atoms with Gasteiger partial charge in [-0.15, -0.1) is 11.3 Å². The second-order valence-electron chi connectivity index (χ2n) is 4.46. The highest BCUT2D eigenvalue weighted by Gasteiger charge is 2.13. The van der Waals surface area contributed by atoms with Crippen LogP contribution in [0, 0.1) is 6.92 Å². The van der Waals surface area contributed by atoms with Crippen LogP contribution in [0.5, 0.6) is 0 Å². The summed E-state index contributed by atoms with van der Waals surface area (Å²) in [6.07, 6.45) is 0. The van der Waals surface area contributed by atoms with E-state index >= 15 is 0 Å². The van der Waals surface area contributed by atoms with Crippen LogP contribution in [0.15, 0.2) is 23.6 Å². The van der Waals surface area contributed by atoms with Gasteiger partial charge in [0.05, 0.1) is 16.0 Å². The van der Waals surface area contributed by atoms with Crippen molar-refractivity contribution in [2.75, 3.05) is 0 Å². The Balaban J connectivity index is 2.24. The molecule has 0 aliphatic rings. The molecule has 4 nitrogen and oxygen atoms in total. The molecule has 3 rings (SSSR count). The van der Waals surface area contributed by atoms with Crippen LogP contribution in [0.1, 0.15) is 17.5 Å². The molecule has 0 aliphatic carbocycles. The molecule has 0 saturated heterocycles. The highest BCUT2D eigenvalue weighted by molar-refractivity contribution is 7.09. The van der Waals surface area contributed by atoms with Gasteiger partial charge in [0.1, 0.15) is 5.69 Å². The third-order valence-electron chi connectivity index (χ3n) is 3.21. The molecule has 2 aromatic heterocycles. The Morgan fingerprint density at radius 1 is 1.32 bits per heavy atom. The molecule has 0 radical (unpaired) electrons. The molecule has 5 heteroatoms. The van der Waals surface area contributed by atoms with Crippen molar-refractivity contribution in [3.05, 3.63) is 34.2 Å². The van der Waals surface area contributed by atoms with Crippen molar-refractivity contribution in [3.63, 3.8) is 0 Å². The van der Waals surface area contributed by atoms with Gasteiger partial charge >= 0.3 is 0 Å². The van der Waals surface area contributed by atoms with E-state index < -0.39 is 0 Å². The van der Waals surface area contributed by atoms with E-state index in [2.05, 4.69) is 40.1 Å². The van der Waals surface area contributed by atoms with E-state index in [-0.39, 0.29) is 0 Å². The molecule has 2 N–H and O–H groups in total. The zero-order chi connectivity index (χ0) is 13.4. The molecular weight excluding hydrogens is 256 g/mol. The standard InChI is InChI=1S/C14H16N4S/c1-3-18-13-5-4-10(7-15)6-11(13)17-14(18)12-8-19-9(2)16-12/h4-6,8H,3,7,15H2,1-2H3. The molecule has 0 aliphatic heterocycles. The molecule has 2 heterocycles. The Morgan fingerprint density at radius 3 is 2.79 bits per heavy atom. The molecule has 1 aromatic carbocycles. The summed E-state index contributed by atoms with van der Waals surface area (Å²) in [4.78, 5) is 9.27. The van der Waals surface area contributed by atoms with Gasteiger partial charge in [0.15, 0.2) is 5.82 Å². The Hall–Kier alpha value is -1.72. The van der Waals surface area contributed by atoms with Crippen LogP contribution in [0.25, 0.3) is 22.6 Å². The minimum atomic E-state index is 0.542. The Morgan fingerprint density at radius 2 is 2.16 bits per heavy atom. The van der Waals surface area contributed by atoms with E-state index in [1.54, 1.807) is 11.3 Å². The fourth-order valence-corrected chi connectivity index (χ4v) is 2.88. The summed E-state index contributed by atoms with van der Waals surface area (Å²) < 4.78 is 2.20. The van der Waals surface area contributed by atoms with Crippen molar-refractivity contribution in [2.24, 2.45) is 5.73 Å². The first-order chi connectivity index (χ1) is 9.22. The number of imidazole rings is 1. The average Bonchev–Trinajstić information content (AvgIpc) is 3.00. The van der Waals surface area contributed by atoms with Crippen LogP contribution < -0.4 is 5.73 Å². The summed E-state index contributed by atoms with van der Waals surface area (Å²) >= 11 is 1.65. The van der Waals surface area contributed by atoms with E-state index in [9.17, 15) is 0 Å². The summed E-state index contributed by atoms with van der Waals surface area (Å²) in [5.41, 5.74) is 9.88. The highest BCUT2D eigenvalue weighted by Crippen LogP contribution is 2.26. The lowest BCUT2D eigenvalue weighted by Gasteiger charge is -2.03. The van der Waals surface area contributed by atoms with Gasteiger partial charge in [-0.1, -0.05) is 6.07 Å². The number of rotatable bonds is 3. The summed E-state index contributed by atoms with van der Waals surface area (Å²) in [7, 11) is 0. The molecule has 0 bridgehead atoms. The van der Waals surface area contributed by atoms with Gasteiger partial charge in [-0.2, -0.15) is 0 Å². The van der Waals surface area contributed by atoms with E-state index in [0.29, 0.717) is 6.54 Å². The van der Waals surface area contributed by atoms with Crippen LogP contribution in [-0.4, -0.2) is 14.5 Å². The lowest BCUT2D eigenvalue weighted by molar-refractivity contribution is 0.793. The topological polar surface area (TPSA) is 56.7 Å². The third kappa shape index (κ3) is 2.05. The molecular formula is C14H16N4S. The first kappa shape index (κ1) is 12.3. The molecule has 3 aromatic rings. The van der Waals surface area contributed by atoms with Gasteiger partial charge < -0.3 is 10.3 Å². The lowest BCUT2D eigenvalue weighted by atomic mass is 10.2. The van der Waals surface area contributed by atoms with Crippen molar-refractivity contribution in [1.82, 2.24) is 14.5 Å². The van der Waals surface area contributed by atoms with Crippen LogP contribution in [0.2, 0.25) is 0 Å². The van der Waals surface area contributed by atoms with E-state index in [1.165, 1.54) is 0 Å². The van der Waals surface area contributed by atoms with Gasteiger partial charge in [-0.3, -0.25) is 0 Å². The van der Waals surface area contributed by atoms with Gasteiger partial charge in [-0.05, 0) is 31.5 Å². The van der Waals surface area contributed by atoms with Crippen molar-refractivity contribution in [3.8, 4) is 11.5 Å². The number of fused-ring (bicyclic) bond motifs is 1. The monoisotopic (exact) mass is 272 g/mol. The second-order valence-corrected chi connectivity index (χ2v) is 5.52. The van der Waals surface area contributed by atoms with E-state index in [4.69, 9.17) is 10.7 Å². The molecule has 0 atom stereocenters. The predicted octanol–water partition coefficient (Wildman–Crippen LogP) is 2.95. The highest BCUT2D eigenvalue weighted by atomic mass is 32.1. The summed E-state index contributed by atoms with van der Waals surface area (Å²) in [5.74, 6) is 0.941. The van der Waals surface area contributed by atoms with Crippen LogP contribution in [0.3, 0.4) is 0 Å². The molecule has 0 amide bonds. The number of benzene rings is 1. The Labute approximate surface area is 115 Å². The van der Waals surface area contributed by atoms with Crippen LogP contribution in [0.4, 0.5) is 0 Å².